The van der Waals surface area contributed by atoms with Crippen LogP contribution in [-0.4, -0.2) is 13.2 Å². The van der Waals surface area contributed by atoms with E-state index < -0.39 is 0 Å². The summed E-state index contributed by atoms with van der Waals surface area (Å²) in [5.74, 6) is -0.443. The highest BCUT2D eigenvalue weighted by molar-refractivity contribution is 5.17. The Balaban J connectivity index is 1.64. The Morgan fingerprint density at radius 3 is 1.37 bits per heavy atom. The summed E-state index contributed by atoms with van der Waals surface area (Å²) < 4.78 is 30.9. The van der Waals surface area contributed by atoms with E-state index in [0.29, 0.717) is 13.2 Å². The Bertz CT molecular complexity index is 444. The second-order valence-corrected chi connectivity index (χ2v) is 4.37. The predicted molar refractivity (Wildman–Crippen MR) is 71.0 cm³/mol. The van der Waals surface area contributed by atoms with Crippen molar-refractivity contribution in [2.45, 2.75) is 12.8 Å². The zero-order chi connectivity index (χ0) is 13.5. The van der Waals surface area contributed by atoms with Crippen LogP contribution in [0.2, 0.25) is 0 Å². The van der Waals surface area contributed by atoms with Crippen molar-refractivity contribution in [3.8, 4) is 0 Å². The summed E-state index contributed by atoms with van der Waals surface area (Å²) in [5.41, 5.74) is 2.12. The summed E-state index contributed by atoms with van der Waals surface area (Å²) >= 11 is 0. The van der Waals surface area contributed by atoms with Crippen molar-refractivity contribution in [1.82, 2.24) is 0 Å². The van der Waals surface area contributed by atoms with Gasteiger partial charge in [0, 0.05) is 0 Å². The van der Waals surface area contributed by atoms with E-state index in [1.807, 2.05) is 0 Å². The molecule has 2 aromatic rings. The van der Waals surface area contributed by atoms with E-state index in [2.05, 4.69) is 0 Å². The van der Waals surface area contributed by atoms with E-state index in [9.17, 15) is 8.78 Å². The van der Waals surface area contributed by atoms with E-state index >= 15 is 0 Å². The van der Waals surface area contributed by atoms with Crippen molar-refractivity contribution in [3.63, 3.8) is 0 Å². The highest BCUT2D eigenvalue weighted by Crippen LogP contribution is 2.05. The molecule has 2 rings (SSSR count). The summed E-state index contributed by atoms with van der Waals surface area (Å²) in [5, 5.41) is 0. The van der Waals surface area contributed by atoms with Gasteiger partial charge >= 0.3 is 0 Å². The van der Waals surface area contributed by atoms with E-state index in [1.165, 1.54) is 24.3 Å². The molecule has 0 spiro atoms. The third-order valence-electron chi connectivity index (χ3n) is 2.90. The quantitative estimate of drug-likeness (QED) is 0.720. The van der Waals surface area contributed by atoms with Gasteiger partial charge in [0.05, 0.1) is 13.2 Å². The molecule has 100 valence electrons. The Morgan fingerprint density at radius 1 is 0.632 bits per heavy atom. The maximum absolute atomic E-state index is 12.7. The van der Waals surface area contributed by atoms with Gasteiger partial charge in [0.2, 0.25) is 0 Å². The van der Waals surface area contributed by atoms with Gasteiger partial charge in [-0.3, -0.25) is 0 Å². The van der Waals surface area contributed by atoms with Crippen molar-refractivity contribution in [1.29, 1.82) is 0 Å². The number of halogens is 2. The van der Waals surface area contributed by atoms with Crippen LogP contribution in [0, 0.1) is 11.6 Å². The fourth-order valence-electron chi connectivity index (χ4n) is 1.78. The summed E-state index contributed by atoms with van der Waals surface area (Å²) in [7, 11) is 0. The van der Waals surface area contributed by atoms with E-state index in [4.69, 9.17) is 4.74 Å². The summed E-state index contributed by atoms with van der Waals surface area (Å²) in [4.78, 5) is 0. The lowest BCUT2D eigenvalue weighted by Crippen LogP contribution is -2.03. The minimum atomic E-state index is -0.221. The third-order valence-corrected chi connectivity index (χ3v) is 2.90. The van der Waals surface area contributed by atoms with Crippen molar-refractivity contribution >= 4 is 0 Å². The normalized spacial score (nSPS) is 10.6. The van der Waals surface area contributed by atoms with Gasteiger partial charge in [0.15, 0.2) is 0 Å². The number of rotatable bonds is 6. The highest BCUT2D eigenvalue weighted by atomic mass is 19.1. The van der Waals surface area contributed by atoms with Crippen molar-refractivity contribution in [3.05, 3.63) is 71.3 Å². The molecule has 0 heterocycles. The predicted octanol–water partition coefficient (Wildman–Crippen LogP) is 3.77. The molecule has 0 saturated carbocycles. The third kappa shape index (κ3) is 4.79. The molecule has 0 bridgehead atoms. The second-order valence-electron chi connectivity index (χ2n) is 4.37. The van der Waals surface area contributed by atoms with Crippen LogP contribution in [0.3, 0.4) is 0 Å². The molecular weight excluding hydrogens is 246 g/mol. The second kappa shape index (κ2) is 7.00. The fraction of sp³-hybridized carbons (Fsp3) is 0.250. The molecular formula is C16H16F2O. The lowest BCUT2D eigenvalue weighted by atomic mass is 10.1. The number of ether oxygens (including phenoxy) is 1. The molecule has 0 aliphatic rings. The van der Waals surface area contributed by atoms with E-state index in [1.54, 1.807) is 24.3 Å². The molecule has 0 radical (unpaired) electrons. The number of benzene rings is 2. The minimum Gasteiger partial charge on any atom is -0.381 e. The average molecular weight is 262 g/mol. The van der Waals surface area contributed by atoms with Crippen LogP contribution >= 0.6 is 0 Å². The monoisotopic (exact) mass is 262 g/mol. The maximum atomic E-state index is 12.7. The van der Waals surface area contributed by atoms with Crippen LogP contribution in [0.15, 0.2) is 48.5 Å². The van der Waals surface area contributed by atoms with Crippen LogP contribution in [0.4, 0.5) is 8.78 Å². The van der Waals surface area contributed by atoms with Crippen molar-refractivity contribution in [2.24, 2.45) is 0 Å². The minimum absolute atomic E-state index is 0.221. The Hall–Kier alpha value is -1.74. The van der Waals surface area contributed by atoms with Gasteiger partial charge < -0.3 is 4.74 Å². The fourth-order valence-corrected chi connectivity index (χ4v) is 1.78. The lowest BCUT2D eigenvalue weighted by molar-refractivity contribution is 0.140. The SMILES string of the molecule is Fc1ccc(CCOCCc2ccc(F)cc2)cc1. The van der Waals surface area contributed by atoms with Crippen LogP contribution < -0.4 is 0 Å². The molecule has 0 unspecified atom stereocenters. The molecule has 0 atom stereocenters. The lowest BCUT2D eigenvalue weighted by Gasteiger charge is -2.05. The van der Waals surface area contributed by atoms with Crippen LogP contribution in [0.5, 0.6) is 0 Å². The molecule has 0 aliphatic carbocycles. The van der Waals surface area contributed by atoms with Gasteiger partial charge in [0.25, 0.3) is 0 Å². The molecule has 19 heavy (non-hydrogen) atoms. The topological polar surface area (TPSA) is 9.23 Å². The van der Waals surface area contributed by atoms with Crippen molar-refractivity contribution < 1.29 is 13.5 Å². The van der Waals surface area contributed by atoms with Gasteiger partial charge in [-0.15, -0.1) is 0 Å². The molecule has 1 nitrogen and oxygen atoms in total. The average Bonchev–Trinajstić information content (AvgIpc) is 2.43. The van der Waals surface area contributed by atoms with E-state index in [-0.39, 0.29) is 11.6 Å². The first-order chi connectivity index (χ1) is 9.24. The molecule has 2 aromatic carbocycles. The van der Waals surface area contributed by atoms with Crippen LogP contribution in [0.1, 0.15) is 11.1 Å². The standard InChI is InChI=1S/C16H16F2O/c17-15-5-1-13(2-6-15)9-11-19-12-10-14-3-7-16(18)8-4-14/h1-8H,9-12H2. The first-order valence-corrected chi connectivity index (χ1v) is 6.31. The summed E-state index contributed by atoms with van der Waals surface area (Å²) in [6.45, 7) is 1.21. The molecule has 0 amide bonds. The van der Waals surface area contributed by atoms with Crippen molar-refractivity contribution in [2.75, 3.05) is 13.2 Å². The van der Waals surface area contributed by atoms with Gasteiger partial charge in [-0.05, 0) is 48.2 Å². The first-order valence-electron chi connectivity index (χ1n) is 6.31. The molecule has 0 fully saturated rings. The number of hydrogen-bond acceptors (Lipinski definition) is 1. The zero-order valence-electron chi connectivity index (χ0n) is 10.6. The largest absolute Gasteiger partial charge is 0.381 e. The first kappa shape index (κ1) is 13.7. The van der Waals surface area contributed by atoms with Gasteiger partial charge in [-0.1, -0.05) is 24.3 Å². The Morgan fingerprint density at radius 2 is 1.00 bits per heavy atom. The van der Waals surface area contributed by atoms with Gasteiger partial charge in [-0.25, -0.2) is 8.78 Å². The molecule has 0 saturated heterocycles. The molecule has 0 N–H and O–H groups in total. The number of hydrogen-bond donors (Lipinski definition) is 0. The van der Waals surface area contributed by atoms with Crippen LogP contribution in [0.25, 0.3) is 0 Å². The summed E-state index contributed by atoms with van der Waals surface area (Å²) in [6.07, 6.45) is 1.54. The molecule has 0 aliphatic heterocycles. The highest BCUT2D eigenvalue weighted by Gasteiger charge is 1.97. The van der Waals surface area contributed by atoms with Crippen LogP contribution in [-0.2, 0) is 17.6 Å². The Labute approximate surface area is 111 Å². The smallest absolute Gasteiger partial charge is 0.123 e. The maximum Gasteiger partial charge on any atom is 0.123 e. The zero-order valence-corrected chi connectivity index (χ0v) is 10.6. The van der Waals surface area contributed by atoms with Gasteiger partial charge in [-0.2, -0.15) is 0 Å². The van der Waals surface area contributed by atoms with E-state index in [0.717, 1.165) is 24.0 Å². The Kier molecular flexibility index (Phi) is 5.04. The van der Waals surface area contributed by atoms with Gasteiger partial charge in [0.1, 0.15) is 11.6 Å². The molecule has 0 aromatic heterocycles. The molecule has 3 heteroatoms. The summed E-state index contributed by atoms with van der Waals surface area (Å²) in [6, 6.07) is 12.9.